The summed E-state index contributed by atoms with van der Waals surface area (Å²) >= 11 is 0. The first kappa shape index (κ1) is 14.3. The van der Waals surface area contributed by atoms with Gasteiger partial charge in [0.1, 0.15) is 0 Å². The Morgan fingerprint density at radius 3 is 2.11 bits per heavy atom. The lowest BCUT2D eigenvalue weighted by molar-refractivity contribution is 0.152. The molecule has 0 aromatic rings. The molecule has 2 aliphatic rings. The molecule has 0 bridgehead atoms. The van der Waals surface area contributed by atoms with E-state index >= 15 is 0 Å². The van der Waals surface area contributed by atoms with Crippen molar-refractivity contribution in [3.8, 4) is 0 Å². The highest BCUT2D eigenvalue weighted by Crippen LogP contribution is 2.24. The third kappa shape index (κ3) is 3.93. The average Bonchev–Trinajstić information content (AvgIpc) is 2.30. The molecule has 2 fully saturated rings. The second-order valence-electron chi connectivity index (χ2n) is 6.01. The van der Waals surface area contributed by atoms with E-state index in [0.29, 0.717) is 29.6 Å². The van der Waals surface area contributed by atoms with Crippen LogP contribution in [0.3, 0.4) is 0 Å². The summed E-state index contributed by atoms with van der Waals surface area (Å²) in [6, 6.07) is 1.84. The SMILES string of the molecule is CC(C)NC1CCC(N2CCS(=O)(=O)CC2)CC1. The molecule has 106 valence electrons. The maximum absolute atomic E-state index is 11.4. The van der Waals surface area contributed by atoms with Gasteiger partial charge in [0.15, 0.2) is 9.84 Å². The second-order valence-corrected chi connectivity index (χ2v) is 8.32. The molecule has 0 unspecified atom stereocenters. The van der Waals surface area contributed by atoms with Gasteiger partial charge < -0.3 is 5.32 Å². The first-order chi connectivity index (χ1) is 8.46. The van der Waals surface area contributed by atoms with Gasteiger partial charge in [-0.1, -0.05) is 13.8 Å². The quantitative estimate of drug-likeness (QED) is 0.835. The topological polar surface area (TPSA) is 49.4 Å². The van der Waals surface area contributed by atoms with Gasteiger partial charge in [0.2, 0.25) is 0 Å². The third-order valence-corrected chi connectivity index (χ3v) is 5.77. The van der Waals surface area contributed by atoms with E-state index in [0.717, 1.165) is 13.1 Å². The molecule has 1 aliphatic heterocycles. The molecule has 1 saturated heterocycles. The highest BCUT2D eigenvalue weighted by molar-refractivity contribution is 7.91. The molecule has 0 aromatic heterocycles. The van der Waals surface area contributed by atoms with Crippen LogP contribution in [0.25, 0.3) is 0 Å². The van der Waals surface area contributed by atoms with Crippen LogP contribution in [0, 0.1) is 0 Å². The smallest absolute Gasteiger partial charge is 0.152 e. The first-order valence-electron chi connectivity index (χ1n) is 7.17. The molecule has 1 N–H and O–H groups in total. The molecule has 1 saturated carbocycles. The Balaban J connectivity index is 1.77. The van der Waals surface area contributed by atoms with Gasteiger partial charge in [0.05, 0.1) is 11.5 Å². The van der Waals surface area contributed by atoms with Gasteiger partial charge in [0.25, 0.3) is 0 Å². The Kier molecular flexibility index (Phi) is 4.67. The Morgan fingerprint density at radius 2 is 1.61 bits per heavy atom. The van der Waals surface area contributed by atoms with Crippen LogP contribution in [0.1, 0.15) is 39.5 Å². The molecule has 18 heavy (non-hydrogen) atoms. The van der Waals surface area contributed by atoms with Crippen molar-refractivity contribution in [2.24, 2.45) is 0 Å². The van der Waals surface area contributed by atoms with Crippen molar-refractivity contribution in [3.63, 3.8) is 0 Å². The third-order valence-electron chi connectivity index (χ3n) is 4.16. The van der Waals surface area contributed by atoms with Gasteiger partial charge in [-0.3, -0.25) is 4.90 Å². The Morgan fingerprint density at radius 1 is 1.06 bits per heavy atom. The molecule has 4 nitrogen and oxygen atoms in total. The van der Waals surface area contributed by atoms with Gasteiger partial charge >= 0.3 is 0 Å². The maximum atomic E-state index is 11.4. The number of hydrogen-bond acceptors (Lipinski definition) is 4. The van der Waals surface area contributed by atoms with Crippen molar-refractivity contribution in [3.05, 3.63) is 0 Å². The summed E-state index contributed by atoms with van der Waals surface area (Å²) in [4.78, 5) is 2.40. The number of rotatable bonds is 3. The standard InChI is InChI=1S/C13H26N2O2S/c1-11(2)14-12-3-5-13(6-4-12)15-7-9-18(16,17)10-8-15/h11-14H,3-10H2,1-2H3. The van der Waals surface area contributed by atoms with E-state index in [1.54, 1.807) is 0 Å². The van der Waals surface area contributed by atoms with Crippen LogP contribution in [0.4, 0.5) is 0 Å². The number of nitrogens with zero attached hydrogens (tertiary/aromatic N) is 1. The van der Waals surface area contributed by atoms with Crippen LogP contribution < -0.4 is 5.32 Å². The summed E-state index contributed by atoms with van der Waals surface area (Å²) in [6.45, 7) is 5.88. The van der Waals surface area contributed by atoms with E-state index in [-0.39, 0.29) is 0 Å². The minimum absolute atomic E-state index is 0.358. The van der Waals surface area contributed by atoms with Crippen molar-refractivity contribution in [2.75, 3.05) is 24.6 Å². The van der Waals surface area contributed by atoms with E-state index in [1.807, 2.05) is 0 Å². The monoisotopic (exact) mass is 274 g/mol. The van der Waals surface area contributed by atoms with Gasteiger partial charge in [-0.2, -0.15) is 0 Å². The summed E-state index contributed by atoms with van der Waals surface area (Å²) in [5.41, 5.74) is 0. The molecule has 0 atom stereocenters. The highest BCUT2D eigenvalue weighted by Gasteiger charge is 2.30. The molecule has 1 aliphatic carbocycles. The first-order valence-corrected chi connectivity index (χ1v) is 8.99. The Labute approximate surface area is 111 Å². The van der Waals surface area contributed by atoms with Crippen molar-refractivity contribution in [1.82, 2.24) is 10.2 Å². The van der Waals surface area contributed by atoms with Crippen LogP contribution in [0.15, 0.2) is 0 Å². The van der Waals surface area contributed by atoms with Crippen LogP contribution in [-0.2, 0) is 9.84 Å². The number of sulfone groups is 1. The molecule has 0 radical (unpaired) electrons. The predicted molar refractivity (Wildman–Crippen MR) is 74.5 cm³/mol. The molecule has 5 heteroatoms. The number of nitrogens with one attached hydrogen (secondary N) is 1. The molecule has 1 heterocycles. The van der Waals surface area contributed by atoms with Gasteiger partial charge in [-0.25, -0.2) is 8.42 Å². The minimum atomic E-state index is -2.74. The summed E-state index contributed by atoms with van der Waals surface area (Å²) in [6.07, 6.45) is 4.88. The van der Waals surface area contributed by atoms with Crippen molar-refractivity contribution in [2.45, 2.75) is 57.7 Å². The zero-order valence-electron chi connectivity index (χ0n) is 11.6. The van der Waals surface area contributed by atoms with Crippen LogP contribution in [-0.4, -0.2) is 56.0 Å². The largest absolute Gasteiger partial charge is 0.312 e. The zero-order valence-corrected chi connectivity index (χ0v) is 12.4. The lowest BCUT2D eigenvalue weighted by Crippen LogP contribution is -2.49. The fourth-order valence-electron chi connectivity index (χ4n) is 3.17. The second kappa shape index (κ2) is 5.88. The van der Waals surface area contributed by atoms with Crippen LogP contribution >= 0.6 is 0 Å². The van der Waals surface area contributed by atoms with Gasteiger partial charge in [-0.05, 0) is 25.7 Å². The summed E-state index contributed by atoms with van der Waals surface area (Å²) in [5.74, 6) is 0.717. The van der Waals surface area contributed by atoms with Crippen molar-refractivity contribution in [1.29, 1.82) is 0 Å². The molecular formula is C13H26N2O2S. The van der Waals surface area contributed by atoms with E-state index in [1.165, 1.54) is 25.7 Å². The van der Waals surface area contributed by atoms with Crippen LogP contribution in [0.2, 0.25) is 0 Å². The normalized spacial score (nSPS) is 33.7. The summed E-state index contributed by atoms with van der Waals surface area (Å²) < 4.78 is 22.8. The molecule has 0 aromatic carbocycles. The summed E-state index contributed by atoms with van der Waals surface area (Å²) in [7, 11) is -2.74. The Bertz CT molecular complexity index is 345. The zero-order chi connectivity index (χ0) is 13.2. The lowest BCUT2D eigenvalue weighted by Gasteiger charge is -2.39. The molecule has 0 amide bonds. The number of hydrogen-bond donors (Lipinski definition) is 1. The van der Waals surface area contributed by atoms with Gasteiger partial charge in [0, 0.05) is 31.2 Å². The molecule has 0 spiro atoms. The fraction of sp³-hybridized carbons (Fsp3) is 1.00. The summed E-state index contributed by atoms with van der Waals surface area (Å²) in [5, 5.41) is 3.60. The molecular weight excluding hydrogens is 248 g/mol. The Hall–Kier alpha value is -0.130. The lowest BCUT2D eigenvalue weighted by atomic mass is 9.89. The van der Waals surface area contributed by atoms with E-state index in [9.17, 15) is 8.42 Å². The van der Waals surface area contributed by atoms with E-state index in [4.69, 9.17) is 0 Å². The maximum Gasteiger partial charge on any atom is 0.152 e. The van der Waals surface area contributed by atoms with E-state index in [2.05, 4.69) is 24.1 Å². The van der Waals surface area contributed by atoms with Crippen molar-refractivity contribution < 1.29 is 8.42 Å². The molecule has 2 rings (SSSR count). The predicted octanol–water partition coefficient (Wildman–Crippen LogP) is 1.03. The van der Waals surface area contributed by atoms with Crippen LogP contribution in [0.5, 0.6) is 0 Å². The van der Waals surface area contributed by atoms with Gasteiger partial charge in [-0.15, -0.1) is 0 Å². The fourth-order valence-corrected chi connectivity index (χ4v) is 4.40. The minimum Gasteiger partial charge on any atom is -0.312 e. The highest BCUT2D eigenvalue weighted by atomic mass is 32.2. The van der Waals surface area contributed by atoms with Crippen molar-refractivity contribution >= 4 is 9.84 Å². The average molecular weight is 274 g/mol. The van der Waals surface area contributed by atoms with E-state index < -0.39 is 9.84 Å².